The van der Waals surface area contributed by atoms with Crippen LogP contribution in [0, 0.1) is 20.8 Å². The number of aryl methyl sites for hydroxylation is 3. The largest absolute Gasteiger partial charge is 0.336 e. The van der Waals surface area contributed by atoms with Gasteiger partial charge in [0, 0.05) is 48.0 Å². The lowest BCUT2D eigenvalue weighted by molar-refractivity contribution is -0.115. The van der Waals surface area contributed by atoms with Crippen molar-refractivity contribution < 1.29 is 9.59 Å². The van der Waals surface area contributed by atoms with Crippen LogP contribution in [0.25, 0.3) is 22.3 Å². The zero-order chi connectivity index (χ0) is 24.9. The molecule has 1 N–H and O–H groups in total. The summed E-state index contributed by atoms with van der Waals surface area (Å²) in [6.07, 6.45) is 2.19. The molecule has 0 bridgehead atoms. The summed E-state index contributed by atoms with van der Waals surface area (Å²) >= 11 is 0. The molecule has 2 aromatic heterocycles. The van der Waals surface area contributed by atoms with E-state index in [4.69, 9.17) is 9.97 Å². The number of nitrogens with one attached hydrogen (secondary N) is 1. The molecule has 1 aliphatic rings. The average Bonchev–Trinajstić information content (AvgIpc) is 3.39. The third-order valence-corrected chi connectivity index (χ3v) is 6.66. The molecule has 8 heteroatoms. The zero-order valence-electron chi connectivity index (χ0n) is 20.6. The molecule has 4 aromatic rings. The lowest BCUT2D eigenvalue weighted by atomic mass is 10.0. The highest BCUT2D eigenvalue weighted by molar-refractivity contribution is 6.05. The summed E-state index contributed by atoms with van der Waals surface area (Å²) in [5.74, 6) is 0.258. The molecule has 8 nitrogen and oxygen atoms in total. The van der Waals surface area contributed by atoms with E-state index in [1.165, 1.54) is 0 Å². The van der Waals surface area contributed by atoms with Crippen LogP contribution in [0.3, 0.4) is 0 Å². The second-order valence-corrected chi connectivity index (χ2v) is 9.19. The van der Waals surface area contributed by atoms with E-state index in [0.29, 0.717) is 30.0 Å². The van der Waals surface area contributed by atoms with Gasteiger partial charge in [0.25, 0.3) is 5.91 Å². The summed E-state index contributed by atoms with van der Waals surface area (Å²) in [6.45, 7) is 9.24. The van der Waals surface area contributed by atoms with Gasteiger partial charge in [0.05, 0.1) is 18.1 Å². The maximum Gasteiger partial charge on any atom is 0.273 e. The number of amides is 2. The fourth-order valence-electron chi connectivity index (χ4n) is 4.65. The maximum atomic E-state index is 13.7. The molecule has 2 aromatic carbocycles. The van der Waals surface area contributed by atoms with Gasteiger partial charge in [0.2, 0.25) is 5.91 Å². The summed E-state index contributed by atoms with van der Waals surface area (Å²) < 4.78 is 1.92. The molecule has 0 radical (unpaired) electrons. The van der Waals surface area contributed by atoms with E-state index in [2.05, 4.69) is 10.4 Å². The second-order valence-electron chi connectivity index (χ2n) is 9.19. The van der Waals surface area contributed by atoms with Crippen molar-refractivity contribution >= 4 is 28.4 Å². The monoisotopic (exact) mass is 468 g/mol. The number of benzene rings is 2. The molecular weight excluding hydrogens is 440 g/mol. The summed E-state index contributed by atoms with van der Waals surface area (Å²) in [5, 5.41) is 8.03. The quantitative estimate of drug-likeness (QED) is 0.474. The van der Waals surface area contributed by atoms with Crippen molar-refractivity contribution in [2.45, 2.75) is 47.2 Å². The maximum absolute atomic E-state index is 13.7. The highest BCUT2D eigenvalue weighted by Gasteiger charge is 2.24. The highest BCUT2D eigenvalue weighted by atomic mass is 16.2. The van der Waals surface area contributed by atoms with Crippen LogP contribution in [-0.2, 0) is 24.3 Å². The van der Waals surface area contributed by atoms with Crippen molar-refractivity contribution in [2.24, 2.45) is 0 Å². The van der Waals surface area contributed by atoms with E-state index in [1.54, 1.807) is 11.9 Å². The molecule has 0 atom stereocenters. The Hall–Kier alpha value is -4.07. The Morgan fingerprint density at radius 1 is 1.14 bits per heavy atom. The Balaban J connectivity index is 1.58. The number of fused-ring (bicyclic) bond motifs is 2. The van der Waals surface area contributed by atoms with Gasteiger partial charge in [-0.2, -0.15) is 5.10 Å². The lowest BCUT2D eigenvalue weighted by Crippen LogP contribution is -2.28. The van der Waals surface area contributed by atoms with Crippen LogP contribution in [-0.4, -0.2) is 43.5 Å². The molecule has 0 fully saturated rings. The minimum atomic E-state index is -0.181. The van der Waals surface area contributed by atoms with Crippen molar-refractivity contribution in [3.05, 3.63) is 70.2 Å². The Labute approximate surface area is 204 Å². The predicted octanol–water partition coefficient (Wildman–Crippen LogP) is 4.21. The number of hydrogen-bond acceptors (Lipinski definition) is 5. The molecule has 178 valence electrons. The molecule has 0 saturated carbocycles. The smallest absolute Gasteiger partial charge is 0.273 e. The summed E-state index contributed by atoms with van der Waals surface area (Å²) in [7, 11) is 1.78. The van der Waals surface area contributed by atoms with Gasteiger partial charge in [-0.15, -0.1) is 0 Å². The first-order valence-electron chi connectivity index (χ1n) is 11.7. The Morgan fingerprint density at radius 3 is 2.69 bits per heavy atom. The standard InChI is InChI=1S/C27H28N6O2/c1-6-33-17(4)19(13-28-33)14-32(5)27(35)25-21-9-15(2)7-8-22(21)30-26(31-25)18-10-16(3)20-12-24(34)29-23(20)11-18/h7-11,13H,6,12,14H2,1-5H3,(H,29,34). The molecule has 1 aliphatic heterocycles. The van der Waals surface area contributed by atoms with Gasteiger partial charge in [-0.05, 0) is 63.1 Å². The van der Waals surface area contributed by atoms with Crippen molar-refractivity contribution in [1.82, 2.24) is 24.6 Å². The summed E-state index contributed by atoms with van der Waals surface area (Å²) in [4.78, 5) is 36.8. The van der Waals surface area contributed by atoms with E-state index in [1.807, 2.05) is 68.9 Å². The van der Waals surface area contributed by atoms with Gasteiger partial charge in [0.15, 0.2) is 5.82 Å². The molecule has 0 spiro atoms. The van der Waals surface area contributed by atoms with Crippen LogP contribution in [0.4, 0.5) is 5.69 Å². The lowest BCUT2D eigenvalue weighted by Gasteiger charge is -2.18. The van der Waals surface area contributed by atoms with Crippen molar-refractivity contribution in [1.29, 1.82) is 0 Å². The third kappa shape index (κ3) is 4.05. The first-order valence-corrected chi connectivity index (χ1v) is 11.7. The van der Waals surface area contributed by atoms with Crippen LogP contribution in [0.2, 0.25) is 0 Å². The molecule has 2 amide bonds. The van der Waals surface area contributed by atoms with Gasteiger partial charge in [-0.3, -0.25) is 14.3 Å². The number of rotatable bonds is 5. The first-order chi connectivity index (χ1) is 16.7. The van der Waals surface area contributed by atoms with Crippen LogP contribution >= 0.6 is 0 Å². The number of hydrogen-bond donors (Lipinski definition) is 1. The molecule has 0 unspecified atom stereocenters. The Kier molecular flexibility index (Phi) is 5.59. The van der Waals surface area contributed by atoms with Gasteiger partial charge in [0.1, 0.15) is 5.69 Å². The average molecular weight is 469 g/mol. The molecule has 35 heavy (non-hydrogen) atoms. The van der Waals surface area contributed by atoms with E-state index in [-0.39, 0.29) is 11.8 Å². The van der Waals surface area contributed by atoms with E-state index in [9.17, 15) is 9.59 Å². The molecule has 0 aliphatic carbocycles. The highest BCUT2D eigenvalue weighted by Crippen LogP contribution is 2.32. The molecule has 3 heterocycles. The SMILES string of the molecule is CCn1ncc(CN(C)C(=O)c2nc(-c3cc(C)c4c(c3)NC(=O)C4)nc3ccc(C)cc23)c1C. The van der Waals surface area contributed by atoms with Crippen molar-refractivity contribution in [3.8, 4) is 11.4 Å². The van der Waals surface area contributed by atoms with E-state index >= 15 is 0 Å². The van der Waals surface area contributed by atoms with Crippen LogP contribution < -0.4 is 5.32 Å². The topological polar surface area (TPSA) is 93.0 Å². The normalized spacial score (nSPS) is 12.7. The minimum Gasteiger partial charge on any atom is -0.336 e. The van der Waals surface area contributed by atoms with Gasteiger partial charge in [-0.1, -0.05) is 11.6 Å². The first kappa shape index (κ1) is 22.7. The minimum absolute atomic E-state index is 0.0191. The number of carbonyl (C=O) groups excluding carboxylic acids is 2. The Bertz CT molecular complexity index is 1500. The third-order valence-electron chi connectivity index (χ3n) is 6.66. The van der Waals surface area contributed by atoms with E-state index < -0.39 is 0 Å². The van der Waals surface area contributed by atoms with Gasteiger partial charge >= 0.3 is 0 Å². The molecule has 5 rings (SSSR count). The summed E-state index contributed by atoms with van der Waals surface area (Å²) in [5.41, 5.74) is 7.68. The van der Waals surface area contributed by atoms with Crippen LogP contribution in [0.15, 0.2) is 36.5 Å². The Morgan fingerprint density at radius 2 is 1.94 bits per heavy atom. The summed E-state index contributed by atoms with van der Waals surface area (Å²) in [6, 6.07) is 9.73. The number of nitrogens with zero attached hydrogens (tertiary/aromatic N) is 5. The fourth-order valence-corrected chi connectivity index (χ4v) is 4.65. The van der Waals surface area contributed by atoms with Gasteiger partial charge < -0.3 is 10.2 Å². The fraction of sp³-hybridized carbons (Fsp3) is 0.296. The molecule has 0 saturated heterocycles. The van der Waals surface area contributed by atoms with Crippen molar-refractivity contribution in [2.75, 3.05) is 12.4 Å². The predicted molar refractivity (Wildman–Crippen MR) is 135 cm³/mol. The molecular formula is C27H28N6O2. The second kappa shape index (κ2) is 8.61. The number of aromatic nitrogens is 4. The number of anilines is 1. The van der Waals surface area contributed by atoms with E-state index in [0.717, 1.165) is 51.1 Å². The van der Waals surface area contributed by atoms with Crippen LogP contribution in [0.1, 0.15) is 45.4 Å². The van der Waals surface area contributed by atoms with Gasteiger partial charge in [-0.25, -0.2) is 9.97 Å². The van der Waals surface area contributed by atoms with Crippen LogP contribution in [0.5, 0.6) is 0 Å². The van der Waals surface area contributed by atoms with Crippen molar-refractivity contribution in [3.63, 3.8) is 0 Å². The number of carbonyl (C=O) groups is 2. The zero-order valence-corrected chi connectivity index (χ0v) is 20.6.